The zero-order chi connectivity index (χ0) is 15.4. The van der Waals surface area contributed by atoms with Crippen molar-refractivity contribution >= 4 is 40.5 Å². The molecule has 2 rings (SSSR count). The molecule has 108 valence electrons. The van der Waals surface area contributed by atoms with Gasteiger partial charge in [-0.1, -0.05) is 0 Å². The van der Waals surface area contributed by atoms with Gasteiger partial charge in [0, 0.05) is 18.7 Å². The fourth-order valence-electron chi connectivity index (χ4n) is 1.48. The van der Waals surface area contributed by atoms with Crippen LogP contribution >= 0.6 is 11.8 Å². The minimum Gasteiger partial charge on any atom is -0.423 e. The van der Waals surface area contributed by atoms with Gasteiger partial charge in [-0.3, -0.25) is 19.7 Å². The van der Waals surface area contributed by atoms with Crippen molar-refractivity contribution in [1.82, 2.24) is 5.32 Å². The van der Waals surface area contributed by atoms with Gasteiger partial charge in [-0.15, -0.1) is 0 Å². The van der Waals surface area contributed by atoms with Crippen LogP contribution in [0, 0.1) is 0 Å². The van der Waals surface area contributed by atoms with Gasteiger partial charge in [0.2, 0.25) is 5.91 Å². The van der Waals surface area contributed by atoms with E-state index >= 15 is 0 Å². The number of amides is 3. The molecule has 1 fully saturated rings. The Morgan fingerprint density at radius 3 is 2.43 bits per heavy atom. The molecule has 8 heteroatoms. The topological polar surface area (TPSA) is 102 Å². The molecule has 1 saturated heterocycles. The zero-order valence-electron chi connectivity index (χ0n) is 10.8. The van der Waals surface area contributed by atoms with Crippen LogP contribution in [0.15, 0.2) is 35.2 Å². The summed E-state index contributed by atoms with van der Waals surface area (Å²) in [7, 11) is 0. The first-order chi connectivity index (χ1) is 9.94. The molecule has 0 unspecified atom stereocenters. The lowest BCUT2D eigenvalue weighted by molar-refractivity contribution is -0.129. The molecule has 1 heterocycles. The molecule has 7 nitrogen and oxygen atoms in total. The Balaban J connectivity index is 2.00. The third kappa shape index (κ3) is 4.18. The standard InChI is InChI=1S/C13H10N2O5S/c1-7(16)14-8-2-4-9(5-3-8)20-11(17)6-10-12(18)15-13(19)21-10/h2-6H,1H3,(H,14,16)(H,15,18,19)/b10-6+. The summed E-state index contributed by atoms with van der Waals surface area (Å²) in [4.78, 5) is 44.6. The molecular formula is C13H10N2O5S. The van der Waals surface area contributed by atoms with Crippen LogP contribution in [0.2, 0.25) is 0 Å². The van der Waals surface area contributed by atoms with Gasteiger partial charge in [0.05, 0.1) is 4.91 Å². The van der Waals surface area contributed by atoms with Crippen molar-refractivity contribution in [3.05, 3.63) is 35.2 Å². The van der Waals surface area contributed by atoms with Crippen LogP contribution in [0.4, 0.5) is 10.5 Å². The summed E-state index contributed by atoms with van der Waals surface area (Å²) in [6.45, 7) is 1.38. The van der Waals surface area contributed by atoms with Gasteiger partial charge in [-0.2, -0.15) is 0 Å². The molecule has 1 aromatic rings. The van der Waals surface area contributed by atoms with E-state index in [9.17, 15) is 19.2 Å². The van der Waals surface area contributed by atoms with Gasteiger partial charge in [0.25, 0.3) is 11.1 Å². The number of nitrogens with one attached hydrogen (secondary N) is 2. The number of carbonyl (C=O) groups excluding carboxylic acids is 4. The SMILES string of the molecule is CC(=O)Nc1ccc(OC(=O)/C=C2/SC(=O)NC2=O)cc1. The Morgan fingerprint density at radius 2 is 1.90 bits per heavy atom. The summed E-state index contributed by atoms with van der Waals surface area (Å²) >= 11 is 0.635. The van der Waals surface area contributed by atoms with Crippen LogP contribution in [0.25, 0.3) is 0 Å². The van der Waals surface area contributed by atoms with E-state index < -0.39 is 17.1 Å². The highest BCUT2D eigenvalue weighted by atomic mass is 32.2. The molecule has 2 N–H and O–H groups in total. The Kier molecular flexibility index (Phi) is 4.39. The van der Waals surface area contributed by atoms with Crippen LogP contribution in [0.3, 0.4) is 0 Å². The molecule has 0 saturated carbocycles. The molecule has 0 atom stereocenters. The van der Waals surface area contributed by atoms with Crippen LogP contribution < -0.4 is 15.4 Å². The first kappa shape index (κ1) is 14.8. The molecule has 0 aromatic heterocycles. The van der Waals surface area contributed by atoms with Gasteiger partial charge < -0.3 is 10.1 Å². The fraction of sp³-hybridized carbons (Fsp3) is 0.0769. The van der Waals surface area contributed by atoms with Crippen molar-refractivity contribution in [3.63, 3.8) is 0 Å². The molecular weight excluding hydrogens is 296 g/mol. The maximum absolute atomic E-state index is 11.6. The third-order valence-electron chi connectivity index (χ3n) is 2.28. The van der Waals surface area contributed by atoms with Gasteiger partial charge in [0.1, 0.15) is 5.75 Å². The molecule has 1 aromatic carbocycles. The quantitative estimate of drug-likeness (QED) is 0.497. The van der Waals surface area contributed by atoms with Crippen LogP contribution in [-0.4, -0.2) is 23.0 Å². The Bertz CT molecular complexity index is 651. The Labute approximate surface area is 123 Å². The average molecular weight is 306 g/mol. The van der Waals surface area contributed by atoms with Gasteiger partial charge in [0.15, 0.2) is 0 Å². The summed E-state index contributed by atoms with van der Waals surface area (Å²) in [5, 5.41) is 4.07. The number of hydrogen-bond donors (Lipinski definition) is 2. The van der Waals surface area contributed by atoms with Crippen molar-refractivity contribution in [1.29, 1.82) is 0 Å². The van der Waals surface area contributed by atoms with Crippen molar-refractivity contribution < 1.29 is 23.9 Å². The third-order valence-corrected chi connectivity index (χ3v) is 3.09. The van der Waals surface area contributed by atoms with E-state index in [1.807, 2.05) is 5.32 Å². The zero-order valence-corrected chi connectivity index (χ0v) is 11.7. The number of imide groups is 1. The summed E-state index contributed by atoms with van der Waals surface area (Å²) in [6.07, 6.45) is 0.951. The molecule has 0 aliphatic carbocycles. The number of esters is 1. The highest BCUT2D eigenvalue weighted by molar-refractivity contribution is 8.18. The monoisotopic (exact) mass is 306 g/mol. The average Bonchev–Trinajstić information content (AvgIpc) is 2.69. The van der Waals surface area contributed by atoms with Crippen LogP contribution in [0.1, 0.15) is 6.92 Å². The summed E-state index contributed by atoms with van der Waals surface area (Å²) in [6, 6.07) is 6.12. The van der Waals surface area contributed by atoms with E-state index in [0.717, 1.165) is 6.08 Å². The molecule has 21 heavy (non-hydrogen) atoms. The molecule has 0 spiro atoms. The van der Waals surface area contributed by atoms with Crippen molar-refractivity contribution in [3.8, 4) is 5.75 Å². The lowest BCUT2D eigenvalue weighted by Gasteiger charge is -2.04. The van der Waals surface area contributed by atoms with E-state index in [1.54, 1.807) is 12.1 Å². The predicted molar refractivity (Wildman–Crippen MR) is 75.6 cm³/mol. The van der Waals surface area contributed by atoms with Gasteiger partial charge >= 0.3 is 5.97 Å². The number of rotatable bonds is 3. The molecule has 3 amide bonds. The van der Waals surface area contributed by atoms with Crippen LogP contribution in [0.5, 0.6) is 5.75 Å². The maximum atomic E-state index is 11.6. The molecule has 1 aliphatic heterocycles. The second-order valence-corrected chi connectivity index (χ2v) is 4.99. The molecule has 0 radical (unpaired) electrons. The van der Waals surface area contributed by atoms with E-state index in [0.29, 0.717) is 17.4 Å². The minimum absolute atomic E-state index is 0.0140. The van der Waals surface area contributed by atoms with Gasteiger partial charge in [-0.05, 0) is 36.0 Å². The highest BCUT2D eigenvalue weighted by Crippen LogP contribution is 2.23. The number of thioether (sulfide) groups is 1. The fourth-order valence-corrected chi connectivity index (χ4v) is 2.13. The molecule has 0 bridgehead atoms. The van der Waals surface area contributed by atoms with Crippen LogP contribution in [-0.2, 0) is 14.4 Å². The van der Waals surface area contributed by atoms with Crippen molar-refractivity contribution in [2.75, 3.05) is 5.32 Å². The Morgan fingerprint density at radius 1 is 1.24 bits per heavy atom. The summed E-state index contributed by atoms with van der Waals surface area (Å²) in [5.41, 5.74) is 0.567. The van der Waals surface area contributed by atoms with E-state index in [-0.39, 0.29) is 16.6 Å². The first-order valence-corrected chi connectivity index (χ1v) is 6.60. The van der Waals surface area contributed by atoms with Crippen molar-refractivity contribution in [2.45, 2.75) is 6.92 Å². The lowest BCUT2D eigenvalue weighted by Crippen LogP contribution is -2.18. The predicted octanol–water partition coefficient (Wildman–Crippen LogP) is 1.42. The largest absolute Gasteiger partial charge is 0.423 e. The summed E-state index contributed by atoms with van der Waals surface area (Å²) in [5.74, 6) is -1.35. The number of benzene rings is 1. The maximum Gasteiger partial charge on any atom is 0.337 e. The summed E-state index contributed by atoms with van der Waals surface area (Å²) < 4.78 is 4.99. The number of ether oxygens (including phenoxy) is 1. The minimum atomic E-state index is -0.769. The first-order valence-electron chi connectivity index (χ1n) is 5.78. The second-order valence-electron chi connectivity index (χ2n) is 3.98. The van der Waals surface area contributed by atoms with E-state index in [4.69, 9.17) is 4.74 Å². The normalized spacial score (nSPS) is 15.8. The smallest absolute Gasteiger partial charge is 0.337 e. The van der Waals surface area contributed by atoms with Crippen molar-refractivity contribution in [2.24, 2.45) is 0 Å². The lowest BCUT2D eigenvalue weighted by atomic mass is 10.3. The molecule has 1 aliphatic rings. The highest BCUT2D eigenvalue weighted by Gasteiger charge is 2.26. The van der Waals surface area contributed by atoms with E-state index in [2.05, 4.69) is 5.32 Å². The number of hydrogen-bond acceptors (Lipinski definition) is 6. The number of anilines is 1. The number of carbonyl (C=O) groups is 4. The Hall–Kier alpha value is -2.61. The second kappa shape index (κ2) is 6.23. The van der Waals surface area contributed by atoms with Gasteiger partial charge in [-0.25, -0.2) is 4.79 Å². The van der Waals surface area contributed by atoms with E-state index in [1.165, 1.54) is 19.1 Å².